The quantitative estimate of drug-likeness (QED) is 0.851. The molecule has 0 aromatic heterocycles. The van der Waals surface area contributed by atoms with E-state index in [1.807, 2.05) is 24.3 Å². The molecule has 1 aliphatic heterocycles. The van der Waals surface area contributed by atoms with Crippen LogP contribution < -0.4 is 15.4 Å². The summed E-state index contributed by atoms with van der Waals surface area (Å²) in [6.07, 6.45) is 15.0. The highest BCUT2D eigenvalue weighted by Gasteiger charge is 2.34. The molecule has 2 N–H and O–H groups in total. The number of hydrogen-bond acceptors (Lipinski definition) is 3. The Morgan fingerprint density at radius 3 is 3.00 bits per heavy atom. The molecule has 4 heteroatoms. The number of nitrogens with one attached hydrogen (secondary N) is 2. The average molecular weight is 352 g/mol. The van der Waals surface area contributed by atoms with Gasteiger partial charge in [0.05, 0.1) is 12.7 Å². The zero-order valence-electron chi connectivity index (χ0n) is 15.5. The Bertz CT molecular complexity index is 711. The first kappa shape index (κ1) is 18.5. The van der Waals surface area contributed by atoms with Crippen LogP contribution in [0.2, 0.25) is 0 Å². The summed E-state index contributed by atoms with van der Waals surface area (Å²) in [7, 11) is 1.60. The number of hydrogen-bond donors (Lipinski definition) is 2. The van der Waals surface area contributed by atoms with Crippen molar-refractivity contribution in [3.8, 4) is 5.75 Å². The Kier molecular flexibility index (Phi) is 6.29. The molecule has 1 unspecified atom stereocenters. The van der Waals surface area contributed by atoms with Gasteiger partial charge in [0.2, 0.25) is 0 Å². The summed E-state index contributed by atoms with van der Waals surface area (Å²) in [6.45, 7) is 2.66. The van der Waals surface area contributed by atoms with Crippen LogP contribution in [0.15, 0.2) is 60.2 Å². The Morgan fingerprint density at radius 2 is 2.12 bits per heavy atom. The van der Waals surface area contributed by atoms with Gasteiger partial charge >= 0.3 is 0 Å². The summed E-state index contributed by atoms with van der Waals surface area (Å²) < 4.78 is 5.33. The second-order valence-corrected chi connectivity index (χ2v) is 6.95. The van der Waals surface area contributed by atoms with E-state index in [4.69, 9.17) is 4.74 Å². The van der Waals surface area contributed by atoms with Gasteiger partial charge in [0, 0.05) is 12.0 Å². The summed E-state index contributed by atoms with van der Waals surface area (Å²) in [5.41, 5.74) is 1.90. The average Bonchev–Trinajstić information content (AvgIpc) is 3.10. The number of amides is 1. The molecule has 3 rings (SSSR count). The third-order valence-electron chi connectivity index (χ3n) is 5.34. The maximum atomic E-state index is 12.8. The Labute approximate surface area is 156 Å². The SMILES string of the molecule is COc1ccccc1C(=O)NCC1(C2=CCC=CC=C2)CCCNCC1. The van der Waals surface area contributed by atoms with Crippen molar-refractivity contribution in [2.45, 2.75) is 25.7 Å². The molecular formula is C22H28N2O2. The lowest BCUT2D eigenvalue weighted by atomic mass is 9.73. The summed E-state index contributed by atoms with van der Waals surface area (Å²) in [4.78, 5) is 12.8. The molecular weight excluding hydrogens is 324 g/mol. The summed E-state index contributed by atoms with van der Waals surface area (Å²) in [6, 6.07) is 7.37. The van der Waals surface area contributed by atoms with Crippen LogP contribution in [0.3, 0.4) is 0 Å². The van der Waals surface area contributed by atoms with Crippen molar-refractivity contribution in [3.05, 3.63) is 65.8 Å². The van der Waals surface area contributed by atoms with Crippen molar-refractivity contribution < 1.29 is 9.53 Å². The largest absolute Gasteiger partial charge is 0.496 e. The highest BCUT2D eigenvalue weighted by Crippen LogP contribution is 2.38. The van der Waals surface area contributed by atoms with Crippen LogP contribution >= 0.6 is 0 Å². The number of rotatable bonds is 5. The fourth-order valence-corrected chi connectivity index (χ4v) is 3.85. The third kappa shape index (κ3) is 4.25. The zero-order valence-corrected chi connectivity index (χ0v) is 15.5. The van der Waals surface area contributed by atoms with E-state index in [0.29, 0.717) is 17.9 Å². The first-order valence-corrected chi connectivity index (χ1v) is 9.41. The molecule has 1 aromatic rings. The van der Waals surface area contributed by atoms with Crippen LogP contribution in [-0.4, -0.2) is 32.7 Å². The lowest BCUT2D eigenvalue weighted by Crippen LogP contribution is -2.39. The highest BCUT2D eigenvalue weighted by molar-refractivity contribution is 5.96. The zero-order chi connectivity index (χ0) is 18.2. The van der Waals surface area contributed by atoms with E-state index in [2.05, 4.69) is 41.0 Å². The summed E-state index contributed by atoms with van der Waals surface area (Å²) >= 11 is 0. The smallest absolute Gasteiger partial charge is 0.255 e. The van der Waals surface area contributed by atoms with E-state index < -0.39 is 0 Å². The maximum absolute atomic E-state index is 12.8. The number of para-hydroxylation sites is 1. The Balaban J connectivity index is 1.80. The molecule has 1 aliphatic carbocycles. The van der Waals surface area contributed by atoms with Crippen molar-refractivity contribution in [3.63, 3.8) is 0 Å². The van der Waals surface area contributed by atoms with E-state index in [-0.39, 0.29) is 11.3 Å². The number of ether oxygens (including phenoxy) is 1. The number of allylic oxidation sites excluding steroid dienone is 5. The summed E-state index contributed by atoms with van der Waals surface area (Å²) in [5.74, 6) is 0.537. The lowest BCUT2D eigenvalue weighted by molar-refractivity contribution is 0.0931. The van der Waals surface area contributed by atoms with E-state index in [1.54, 1.807) is 7.11 Å². The maximum Gasteiger partial charge on any atom is 0.255 e. The van der Waals surface area contributed by atoms with Crippen LogP contribution in [0, 0.1) is 5.41 Å². The first-order chi connectivity index (χ1) is 12.7. The molecule has 26 heavy (non-hydrogen) atoms. The first-order valence-electron chi connectivity index (χ1n) is 9.41. The number of benzene rings is 1. The van der Waals surface area contributed by atoms with E-state index in [0.717, 1.165) is 38.8 Å². The Morgan fingerprint density at radius 1 is 1.23 bits per heavy atom. The molecule has 4 nitrogen and oxygen atoms in total. The van der Waals surface area contributed by atoms with E-state index in [1.165, 1.54) is 5.57 Å². The second kappa shape index (κ2) is 8.86. The van der Waals surface area contributed by atoms with Crippen molar-refractivity contribution in [2.75, 3.05) is 26.7 Å². The van der Waals surface area contributed by atoms with Gasteiger partial charge in [-0.1, -0.05) is 42.5 Å². The van der Waals surface area contributed by atoms with Crippen LogP contribution in [-0.2, 0) is 0 Å². The second-order valence-electron chi connectivity index (χ2n) is 6.95. The predicted octanol–water partition coefficient (Wildman–Crippen LogP) is 3.63. The van der Waals surface area contributed by atoms with Crippen molar-refractivity contribution in [2.24, 2.45) is 5.41 Å². The third-order valence-corrected chi connectivity index (χ3v) is 5.34. The van der Waals surface area contributed by atoms with Crippen LogP contribution in [0.4, 0.5) is 0 Å². The van der Waals surface area contributed by atoms with Crippen molar-refractivity contribution >= 4 is 5.91 Å². The van der Waals surface area contributed by atoms with E-state index in [9.17, 15) is 4.79 Å². The molecule has 1 fully saturated rings. The molecule has 0 bridgehead atoms. The van der Waals surface area contributed by atoms with Gasteiger partial charge in [-0.05, 0) is 56.5 Å². The molecule has 0 saturated carbocycles. The molecule has 1 amide bonds. The minimum atomic E-state index is -0.0737. The van der Waals surface area contributed by atoms with Crippen molar-refractivity contribution in [1.29, 1.82) is 0 Å². The van der Waals surface area contributed by atoms with Gasteiger partial charge in [-0.3, -0.25) is 4.79 Å². The minimum Gasteiger partial charge on any atom is -0.496 e. The topological polar surface area (TPSA) is 50.4 Å². The van der Waals surface area contributed by atoms with Gasteiger partial charge in [-0.2, -0.15) is 0 Å². The molecule has 1 saturated heterocycles. The monoisotopic (exact) mass is 352 g/mol. The molecule has 138 valence electrons. The number of carbonyl (C=O) groups is 1. The fourth-order valence-electron chi connectivity index (χ4n) is 3.85. The lowest BCUT2D eigenvalue weighted by Gasteiger charge is -2.34. The van der Waals surface area contributed by atoms with Gasteiger partial charge in [0.1, 0.15) is 5.75 Å². The summed E-state index contributed by atoms with van der Waals surface area (Å²) in [5, 5.41) is 6.68. The fraction of sp³-hybridized carbons (Fsp3) is 0.409. The Hall–Kier alpha value is -2.33. The molecule has 2 aliphatic rings. The number of methoxy groups -OCH3 is 1. The molecule has 1 atom stereocenters. The van der Waals surface area contributed by atoms with Gasteiger partial charge in [0.25, 0.3) is 5.91 Å². The molecule has 0 radical (unpaired) electrons. The van der Waals surface area contributed by atoms with Gasteiger partial charge < -0.3 is 15.4 Å². The minimum absolute atomic E-state index is 0.0241. The highest BCUT2D eigenvalue weighted by atomic mass is 16.5. The molecule has 0 spiro atoms. The van der Waals surface area contributed by atoms with Crippen LogP contribution in [0.1, 0.15) is 36.0 Å². The van der Waals surface area contributed by atoms with Crippen molar-refractivity contribution in [1.82, 2.24) is 10.6 Å². The van der Waals surface area contributed by atoms with Gasteiger partial charge in [-0.25, -0.2) is 0 Å². The predicted molar refractivity (Wildman–Crippen MR) is 105 cm³/mol. The molecule has 1 aromatic carbocycles. The van der Waals surface area contributed by atoms with Crippen LogP contribution in [0.5, 0.6) is 5.75 Å². The van der Waals surface area contributed by atoms with E-state index >= 15 is 0 Å². The van der Waals surface area contributed by atoms with Gasteiger partial charge in [0.15, 0.2) is 0 Å². The standard InChI is InChI=1S/C22H28N2O2/c1-26-20-12-7-6-11-19(20)21(25)24-17-22(13-8-15-23-16-14-22)18-9-4-2-3-5-10-18/h2-4,6-7,9-12,23H,5,8,13-17H2,1H3,(H,24,25). The molecule has 1 heterocycles. The van der Waals surface area contributed by atoms with Gasteiger partial charge in [-0.15, -0.1) is 0 Å². The normalized spacial score (nSPS) is 22.9. The van der Waals surface area contributed by atoms with Crippen LogP contribution in [0.25, 0.3) is 0 Å². The number of carbonyl (C=O) groups excluding carboxylic acids is 1.